The van der Waals surface area contributed by atoms with Gasteiger partial charge in [-0.25, -0.2) is 0 Å². The molecule has 0 spiro atoms. The van der Waals surface area contributed by atoms with E-state index in [1.165, 1.54) is 0 Å². The molecule has 17 heavy (non-hydrogen) atoms. The van der Waals surface area contributed by atoms with Gasteiger partial charge in [-0.05, 0) is 6.42 Å². The van der Waals surface area contributed by atoms with Crippen LogP contribution in [0.2, 0.25) is 0 Å². The lowest BCUT2D eigenvalue weighted by atomic mass is 9.88. The molecule has 1 aliphatic rings. The molecule has 0 saturated heterocycles. The van der Waals surface area contributed by atoms with E-state index in [2.05, 4.69) is 6.92 Å². The van der Waals surface area contributed by atoms with Crippen molar-refractivity contribution in [3.63, 3.8) is 0 Å². The maximum Gasteiger partial charge on any atom is 0.266 e. The van der Waals surface area contributed by atoms with Gasteiger partial charge in [0.1, 0.15) is 24.4 Å². The Balaban J connectivity index is 2.99. The zero-order valence-corrected chi connectivity index (χ0v) is 10.1. The Labute approximate surface area is 102 Å². The molecule has 0 saturated carbocycles. The van der Waals surface area contributed by atoms with Crippen LogP contribution in [0.5, 0.6) is 0 Å². The predicted octanol–water partition coefficient (Wildman–Crippen LogP) is 1.39. The number of unbranched alkanes of at least 4 members (excludes halogenated alkanes) is 1. The largest absolute Gasteiger partial charge is 0.356 e. The van der Waals surface area contributed by atoms with Gasteiger partial charge in [0.05, 0.1) is 0 Å². The number of hydrogen-bond acceptors (Lipinski definition) is 5. The highest BCUT2D eigenvalue weighted by Gasteiger charge is 2.47. The molecule has 1 aliphatic heterocycles. The highest BCUT2D eigenvalue weighted by Crippen LogP contribution is 2.30. The van der Waals surface area contributed by atoms with E-state index in [1.807, 2.05) is 29.3 Å². The third-order valence-corrected chi connectivity index (χ3v) is 2.88. The molecular weight excluding hydrogens is 214 g/mol. The van der Waals surface area contributed by atoms with Crippen molar-refractivity contribution in [1.29, 1.82) is 15.8 Å². The molecule has 1 heterocycles. The monoisotopic (exact) mass is 229 g/mol. The van der Waals surface area contributed by atoms with Crippen LogP contribution in [-0.2, 0) is 0 Å². The Morgan fingerprint density at radius 2 is 1.76 bits per heavy atom. The summed E-state index contributed by atoms with van der Waals surface area (Å²) in [4.78, 5) is 3.63. The Morgan fingerprint density at radius 3 is 2.24 bits per heavy atom. The van der Waals surface area contributed by atoms with E-state index in [1.54, 1.807) is 18.1 Å². The van der Waals surface area contributed by atoms with Crippen molar-refractivity contribution in [2.24, 2.45) is 5.41 Å². The molecule has 1 unspecified atom stereocenters. The van der Waals surface area contributed by atoms with E-state index < -0.39 is 11.6 Å². The van der Waals surface area contributed by atoms with E-state index in [0.29, 0.717) is 0 Å². The molecule has 0 fully saturated rings. The summed E-state index contributed by atoms with van der Waals surface area (Å²) in [7, 11) is 1.77. The number of hydrogen-bond donors (Lipinski definition) is 0. The predicted molar refractivity (Wildman–Crippen MR) is 61.6 cm³/mol. The summed E-state index contributed by atoms with van der Waals surface area (Å²) in [6.07, 6.45) is 5.10. The van der Waals surface area contributed by atoms with Crippen LogP contribution in [0, 0.1) is 39.4 Å². The smallest absolute Gasteiger partial charge is 0.266 e. The van der Waals surface area contributed by atoms with Crippen molar-refractivity contribution in [2.75, 3.05) is 13.6 Å². The standard InChI is InChI=1S/C12H15N5/c1-3-4-5-17-7-6-16(2)11(17)12(8-13,9-14)10-15/h6-7,11H,3-5H2,1-2H3. The minimum atomic E-state index is -1.65. The molecule has 0 aromatic carbocycles. The van der Waals surface area contributed by atoms with E-state index in [9.17, 15) is 0 Å². The first-order chi connectivity index (χ1) is 8.15. The number of nitriles is 3. The van der Waals surface area contributed by atoms with Gasteiger partial charge >= 0.3 is 0 Å². The maximum absolute atomic E-state index is 9.12. The third kappa shape index (κ3) is 2.17. The maximum atomic E-state index is 9.12. The SMILES string of the molecule is CCCCN1C=CN(C)C1C(C#N)(C#N)C#N. The molecule has 0 aromatic rings. The first-order valence-electron chi connectivity index (χ1n) is 5.55. The number of nitrogens with zero attached hydrogens (tertiary/aromatic N) is 5. The lowest BCUT2D eigenvalue weighted by Gasteiger charge is -2.34. The van der Waals surface area contributed by atoms with Crippen molar-refractivity contribution < 1.29 is 0 Å². The molecule has 0 aromatic heterocycles. The molecule has 0 aliphatic carbocycles. The molecule has 0 bridgehead atoms. The minimum absolute atomic E-state index is 0.519. The van der Waals surface area contributed by atoms with Gasteiger partial charge in [0.2, 0.25) is 0 Å². The van der Waals surface area contributed by atoms with Crippen LogP contribution in [0.1, 0.15) is 19.8 Å². The van der Waals surface area contributed by atoms with E-state index in [-0.39, 0.29) is 0 Å². The van der Waals surface area contributed by atoms with Crippen LogP contribution in [0.15, 0.2) is 12.4 Å². The Hall–Kier alpha value is -2.19. The lowest BCUT2D eigenvalue weighted by Crippen LogP contribution is -2.48. The van der Waals surface area contributed by atoms with Gasteiger partial charge < -0.3 is 9.80 Å². The molecule has 88 valence electrons. The highest BCUT2D eigenvalue weighted by molar-refractivity contribution is 5.31. The second-order valence-corrected chi connectivity index (χ2v) is 4.07. The summed E-state index contributed by atoms with van der Waals surface area (Å²) < 4.78 is 0. The van der Waals surface area contributed by atoms with Gasteiger partial charge in [0.25, 0.3) is 5.41 Å². The lowest BCUT2D eigenvalue weighted by molar-refractivity contribution is 0.125. The van der Waals surface area contributed by atoms with E-state index in [0.717, 1.165) is 19.4 Å². The molecule has 0 N–H and O–H groups in total. The fourth-order valence-electron chi connectivity index (χ4n) is 1.93. The van der Waals surface area contributed by atoms with Crippen LogP contribution in [0.25, 0.3) is 0 Å². The Kier molecular flexibility index (Phi) is 3.96. The van der Waals surface area contributed by atoms with Gasteiger partial charge in [0.15, 0.2) is 0 Å². The quantitative estimate of drug-likeness (QED) is 0.727. The van der Waals surface area contributed by atoms with Crippen molar-refractivity contribution in [3.8, 4) is 18.2 Å². The zero-order valence-electron chi connectivity index (χ0n) is 10.1. The van der Waals surface area contributed by atoms with Gasteiger partial charge in [-0.3, -0.25) is 0 Å². The van der Waals surface area contributed by atoms with Crippen LogP contribution in [0.4, 0.5) is 0 Å². The second-order valence-electron chi connectivity index (χ2n) is 4.07. The summed E-state index contributed by atoms with van der Waals surface area (Å²) in [6.45, 7) is 2.82. The van der Waals surface area contributed by atoms with Crippen molar-refractivity contribution >= 4 is 0 Å². The van der Waals surface area contributed by atoms with Crippen LogP contribution in [-0.4, -0.2) is 29.6 Å². The molecule has 5 heteroatoms. The first-order valence-corrected chi connectivity index (χ1v) is 5.55. The van der Waals surface area contributed by atoms with Gasteiger partial charge in [0, 0.05) is 26.0 Å². The van der Waals surface area contributed by atoms with Crippen molar-refractivity contribution in [3.05, 3.63) is 12.4 Å². The summed E-state index contributed by atoms with van der Waals surface area (Å²) in [5, 5.41) is 27.4. The van der Waals surface area contributed by atoms with Crippen LogP contribution in [0.3, 0.4) is 0 Å². The van der Waals surface area contributed by atoms with Crippen molar-refractivity contribution in [1.82, 2.24) is 9.80 Å². The molecular formula is C12H15N5. The highest BCUT2D eigenvalue weighted by atomic mass is 15.4. The average Bonchev–Trinajstić information content (AvgIpc) is 2.72. The molecule has 5 nitrogen and oxygen atoms in total. The fraction of sp³-hybridized carbons (Fsp3) is 0.583. The van der Waals surface area contributed by atoms with Crippen molar-refractivity contribution in [2.45, 2.75) is 25.9 Å². The molecule has 1 atom stereocenters. The third-order valence-electron chi connectivity index (χ3n) is 2.88. The normalized spacial score (nSPS) is 18.6. The minimum Gasteiger partial charge on any atom is -0.356 e. The Bertz CT molecular complexity index is 384. The molecule has 0 radical (unpaired) electrons. The summed E-state index contributed by atoms with van der Waals surface area (Å²) >= 11 is 0. The van der Waals surface area contributed by atoms with Crippen LogP contribution < -0.4 is 0 Å². The topological polar surface area (TPSA) is 77.8 Å². The fourth-order valence-corrected chi connectivity index (χ4v) is 1.93. The van der Waals surface area contributed by atoms with Gasteiger partial charge in [-0.2, -0.15) is 15.8 Å². The molecule has 1 rings (SSSR count). The van der Waals surface area contributed by atoms with Gasteiger partial charge in [-0.15, -0.1) is 0 Å². The summed E-state index contributed by atoms with van der Waals surface area (Å²) in [5.41, 5.74) is -1.65. The van der Waals surface area contributed by atoms with E-state index in [4.69, 9.17) is 15.8 Å². The number of rotatable bonds is 4. The van der Waals surface area contributed by atoms with Crippen LogP contribution >= 0.6 is 0 Å². The summed E-state index contributed by atoms with van der Waals surface area (Å²) in [6, 6.07) is 5.54. The zero-order chi connectivity index (χ0) is 12.9. The molecule has 0 amide bonds. The van der Waals surface area contributed by atoms with E-state index >= 15 is 0 Å². The first kappa shape index (κ1) is 12.9. The van der Waals surface area contributed by atoms with Gasteiger partial charge in [-0.1, -0.05) is 13.3 Å². The summed E-state index contributed by atoms with van der Waals surface area (Å²) in [5.74, 6) is 0. The Morgan fingerprint density at radius 1 is 1.18 bits per heavy atom. The average molecular weight is 229 g/mol. The second kappa shape index (κ2) is 5.23.